The van der Waals surface area contributed by atoms with Gasteiger partial charge in [0.05, 0.1) is 13.2 Å². The fourth-order valence-corrected chi connectivity index (χ4v) is 2.84. The number of pyridine rings is 1. The van der Waals surface area contributed by atoms with Gasteiger partial charge in [-0.1, -0.05) is 6.07 Å². The molecule has 2 aromatic rings. The molecule has 1 heterocycles. The minimum absolute atomic E-state index is 0.144. The van der Waals surface area contributed by atoms with E-state index in [0.717, 1.165) is 24.1 Å². The average Bonchev–Trinajstić information content (AvgIpc) is 2.90. The lowest BCUT2D eigenvalue weighted by Gasteiger charge is -2.19. The molecule has 0 fully saturated rings. The summed E-state index contributed by atoms with van der Waals surface area (Å²) in [6.07, 6.45) is 2.51. The Kier molecular flexibility index (Phi) is 3.40. The number of nitrogens with zero attached hydrogens (tertiary/aromatic N) is 1. The minimum atomic E-state index is -0.878. The SMILES string of the molecule is COc1ccc(C(O)C2CCc3cccnc32)c(F)c1. The molecule has 4 heteroatoms. The van der Waals surface area contributed by atoms with Crippen molar-refractivity contribution in [3.63, 3.8) is 0 Å². The summed E-state index contributed by atoms with van der Waals surface area (Å²) < 4.78 is 19.0. The Morgan fingerprint density at radius 3 is 3.00 bits per heavy atom. The molecule has 0 saturated carbocycles. The maximum Gasteiger partial charge on any atom is 0.132 e. The van der Waals surface area contributed by atoms with Gasteiger partial charge in [0.2, 0.25) is 0 Å². The van der Waals surface area contributed by atoms with Crippen LogP contribution in [0.1, 0.15) is 35.3 Å². The van der Waals surface area contributed by atoms with Gasteiger partial charge in [-0.2, -0.15) is 0 Å². The summed E-state index contributed by atoms with van der Waals surface area (Å²) in [5, 5.41) is 10.5. The van der Waals surface area contributed by atoms with Crippen molar-refractivity contribution in [2.45, 2.75) is 24.9 Å². The number of fused-ring (bicyclic) bond motifs is 1. The largest absolute Gasteiger partial charge is 0.497 e. The van der Waals surface area contributed by atoms with Crippen LogP contribution in [0, 0.1) is 5.82 Å². The topological polar surface area (TPSA) is 42.4 Å². The highest BCUT2D eigenvalue weighted by atomic mass is 19.1. The highest BCUT2D eigenvalue weighted by Gasteiger charge is 2.32. The second-order valence-corrected chi connectivity index (χ2v) is 5.03. The number of aliphatic hydroxyl groups is 1. The Hall–Kier alpha value is -1.94. The Morgan fingerprint density at radius 1 is 1.40 bits per heavy atom. The van der Waals surface area contributed by atoms with Crippen LogP contribution in [-0.4, -0.2) is 17.2 Å². The third-order valence-corrected chi connectivity index (χ3v) is 3.91. The van der Waals surface area contributed by atoms with Gasteiger partial charge in [0, 0.05) is 29.4 Å². The molecule has 20 heavy (non-hydrogen) atoms. The lowest BCUT2D eigenvalue weighted by atomic mass is 9.93. The standard InChI is InChI=1S/C16H16FNO2/c1-20-11-5-7-12(14(17)9-11)16(19)13-6-4-10-3-2-8-18-15(10)13/h2-3,5,7-9,13,16,19H,4,6H2,1H3. The van der Waals surface area contributed by atoms with Crippen molar-refractivity contribution in [3.8, 4) is 5.75 Å². The number of aromatic nitrogens is 1. The summed E-state index contributed by atoms with van der Waals surface area (Å²) in [5.41, 5.74) is 2.33. The van der Waals surface area contributed by atoms with Crippen molar-refractivity contribution in [1.82, 2.24) is 4.98 Å². The molecular weight excluding hydrogens is 257 g/mol. The molecule has 0 spiro atoms. The van der Waals surface area contributed by atoms with Gasteiger partial charge in [-0.25, -0.2) is 4.39 Å². The normalized spacial score (nSPS) is 18.6. The first-order valence-corrected chi connectivity index (χ1v) is 6.66. The zero-order valence-electron chi connectivity index (χ0n) is 11.2. The van der Waals surface area contributed by atoms with Crippen molar-refractivity contribution in [2.75, 3.05) is 7.11 Å². The summed E-state index contributed by atoms with van der Waals surface area (Å²) in [6, 6.07) is 8.45. The molecule has 0 amide bonds. The number of hydrogen-bond acceptors (Lipinski definition) is 3. The molecule has 104 valence electrons. The molecule has 1 aliphatic rings. The van der Waals surface area contributed by atoms with Gasteiger partial charge in [0.25, 0.3) is 0 Å². The monoisotopic (exact) mass is 273 g/mol. The zero-order chi connectivity index (χ0) is 14.1. The predicted octanol–water partition coefficient (Wildman–Crippen LogP) is 2.99. The number of halogens is 1. The van der Waals surface area contributed by atoms with Gasteiger partial charge in [0.1, 0.15) is 11.6 Å². The Balaban J connectivity index is 1.92. The Labute approximate surface area is 117 Å². The van der Waals surface area contributed by atoms with Crippen LogP contribution in [0.5, 0.6) is 5.75 Å². The first-order chi connectivity index (χ1) is 9.70. The molecule has 3 rings (SSSR count). The molecular formula is C16H16FNO2. The fourth-order valence-electron chi connectivity index (χ4n) is 2.84. The molecule has 2 atom stereocenters. The van der Waals surface area contributed by atoms with E-state index in [1.54, 1.807) is 18.3 Å². The van der Waals surface area contributed by atoms with E-state index >= 15 is 0 Å². The lowest BCUT2D eigenvalue weighted by molar-refractivity contribution is 0.139. The van der Waals surface area contributed by atoms with Gasteiger partial charge in [-0.05, 0) is 36.6 Å². The smallest absolute Gasteiger partial charge is 0.132 e. The molecule has 0 aliphatic heterocycles. The highest BCUT2D eigenvalue weighted by molar-refractivity contribution is 5.35. The van der Waals surface area contributed by atoms with Crippen molar-refractivity contribution >= 4 is 0 Å². The average molecular weight is 273 g/mol. The molecule has 3 nitrogen and oxygen atoms in total. The number of hydrogen-bond donors (Lipinski definition) is 1. The third-order valence-electron chi connectivity index (χ3n) is 3.91. The van der Waals surface area contributed by atoms with Gasteiger partial charge < -0.3 is 9.84 Å². The molecule has 1 aliphatic carbocycles. The predicted molar refractivity (Wildman–Crippen MR) is 73.2 cm³/mol. The van der Waals surface area contributed by atoms with Crippen LogP contribution in [0.15, 0.2) is 36.5 Å². The van der Waals surface area contributed by atoms with Crippen molar-refractivity contribution in [3.05, 3.63) is 59.2 Å². The summed E-state index contributed by atoms with van der Waals surface area (Å²) in [5.74, 6) is -0.140. The van der Waals surface area contributed by atoms with Crippen molar-refractivity contribution < 1.29 is 14.2 Å². The van der Waals surface area contributed by atoms with Crippen LogP contribution in [0.2, 0.25) is 0 Å². The first kappa shape index (κ1) is 13.1. The second kappa shape index (κ2) is 5.21. The van der Waals surface area contributed by atoms with Crippen LogP contribution in [0.25, 0.3) is 0 Å². The van der Waals surface area contributed by atoms with E-state index in [2.05, 4.69) is 4.98 Å². The van der Waals surface area contributed by atoms with E-state index < -0.39 is 11.9 Å². The first-order valence-electron chi connectivity index (χ1n) is 6.66. The maximum absolute atomic E-state index is 14.1. The molecule has 1 N–H and O–H groups in total. The van der Waals surface area contributed by atoms with Crippen LogP contribution >= 0.6 is 0 Å². The van der Waals surface area contributed by atoms with E-state index in [9.17, 15) is 9.50 Å². The van der Waals surface area contributed by atoms with Crippen LogP contribution in [0.3, 0.4) is 0 Å². The van der Waals surface area contributed by atoms with E-state index in [1.807, 2.05) is 12.1 Å². The van der Waals surface area contributed by atoms with Gasteiger partial charge in [0.15, 0.2) is 0 Å². The van der Waals surface area contributed by atoms with Crippen LogP contribution in [0.4, 0.5) is 4.39 Å². The van der Waals surface area contributed by atoms with Crippen molar-refractivity contribution in [2.24, 2.45) is 0 Å². The van der Waals surface area contributed by atoms with E-state index in [0.29, 0.717) is 11.3 Å². The van der Waals surface area contributed by atoms with E-state index in [1.165, 1.54) is 13.2 Å². The molecule has 0 bridgehead atoms. The van der Waals surface area contributed by atoms with Gasteiger partial charge in [-0.3, -0.25) is 4.98 Å². The zero-order valence-corrected chi connectivity index (χ0v) is 11.2. The van der Waals surface area contributed by atoms with E-state index in [4.69, 9.17) is 4.74 Å². The van der Waals surface area contributed by atoms with Crippen molar-refractivity contribution in [1.29, 1.82) is 0 Å². The Bertz CT molecular complexity index is 630. The maximum atomic E-state index is 14.1. The summed E-state index contributed by atoms with van der Waals surface area (Å²) in [4.78, 5) is 4.34. The van der Waals surface area contributed by atoms with Gasteiger partial charge >= 0.3 is 0 Å². The quantitative estimate of drug-likeness (QED) is 0.934. The summed E-state index contributed by atoms with van der Waals surface area (Å²) >= 11 is 0. The Morgan fingerprint density at radius 2 is 2.25 bits per heavy atom. The summed E-state index contributed by atoms with van der Waals surface area (Å²) in [7, 11) is 1.49. The van der Waals surface area contributed by atoms with Gasteiger partial charge in [-0.15, -0.1) is 0 Å². The number of rotatable bonds is 3. The molecule has 0 saturated heterocycles. The molecule has 0 radical (unpaired) electrons. The van der Waals surface area contributed by atoms with Crippen LogP contribution < -0.4 is 4.74 Å². The second-order valence-electron chi connectivity index (χ2n) is 5.03. The summed E-state index contributed by atoms with van der Waals surface area (Å²) in [6.45, 7) is 0. The minimum Gasteiger partial charge on any atom is -0.497 e. The molecule has 2 unspecified atom stereocenters. The number of aryl methyl sites for hydroxylation is 1. The molecule has 1 aromatic heterocycles. The fraction of sp³-hybridized carbons (Fsp3) is 0.312. The van der Waals surface area contributed by atoms with Crippen LogP contribution in [-0.2, 0) is 6.42 Å². The third kappa shape index (κ3) is 2.16. The number of methoxy groups -OCH3 is 1. The molecule has 1 aromatic carbocycles. The number of ether oxygens (including phenoxy) is 1. The number of aliphatic hydroxyl groups excluding tert-OH is 1. The highest BCUT2D eigenvalue weighted by Crippen LogP contribution is 2.41. The lowest BCUT2D eigenvalue weighted by Crippen LogP contribution is -2.11. The van der Waals surface area contributed by atoms with E-state index in [-0.39, 0.29) is 5.92 Å². The number of benzene rings is 1.